The van der Waals surface area contributed by atoms with Gasteiger partial charge in [0, 0.05) is 17.0 Å². The van der Waals surface area contributed by atoms with Gasteiger partial charge in [0.15, 0.2) is 0 Å². The van der Waals surface area contributed by atoms with Gasteiger partial charge in [-0.05, 0) is 72.7 Å². The fourth-order valence-corrected chi connectivity index (χ4v) is 3.46. The second kappa shape index (κ2) is 9.82. The minimum Gasteiger partial charge on any atom is -0.494 e. The van der Waals surface area contributed by atoms with Crippen LogP contribution < -0.4 is 10.4 Å². The summed E-state index contributed by atoms with van der Waals surface area (Å²) in [7, 11) is 0. The number of carbonyl (C=O) groups is 1. The third-order valence-electron chi connectivity index (χ3n) is 5.25. The predicted molar refractivity (Wildman–Crippen MR) is 122 cm³/mol. The van der Waals surface area contributed by atoms with Gasteiger partial charge < -0.3 is 13.9 Å². The molecule has 5 heteroatoms. The van der Waals surface area contributed by atoms with Gasteiger partial charge in [0.25, 0.3) is 0 Å². The number of hydrogen-bond acceptors (Lipinski definition) is 5. The van der Waals surface area contributed by atoms with Crippen LogP contribution in [0.2, 0.25) is 0 Å². The van der Waals surface area contributed by atoms with Crippen LogP contribution in [0.3, 0.4) is 0 Å². The topological polar surface area (TPSA) is 65.7 Å². The Morgan fingerprint density at radius 1 is 1.03 bits per heavy atom. The average Bonchev–Trinajstić information content (AvgIpc) is 2.71. The zero-order valence-corrected chi connectivity index (χ0v) is 18.9. The van der Waals surface area contributed by atoms with Crippen molar-refractivity contribution in [3.8, 4) is 5.75 Å². The first-order valence-corrected chi connectivity index (χ1v) is 10.7. The molecular formula is C26H30O5. The molecule has 0 unspecified atom stereocenters. The number of hydrogen-bond donors (Lipinski definition) is 0. The SMILES string of the molecule is Cc1cc2oc(=O)cc(COC(=O)c3ccc(OCCC(C)C)cc3)c2cc1C(C)C. The number of fused-ring (bicyclic) bond motifs is 1. The van der Waals surface area contributed by atoms with E-state index in [1.807, 2.05) is 19.1 Å². The largest absolute Gasteiger partial charge is 0.494 e. The van der Waals surface area contributed by atoms with Crippen LogP contribution >= 0.6 is 0 Å². The first-order valence-electron chi connectivity index (χ1n) is 10.7. The quantitative estimate of drug-likeness (QED) is 0.329. The van der Waals surface area contributed by atoms with Crippen molar-refractivity contribution in [1.29, 1.82) is 0 Å². The van der Waals surface area contributed by atoms with Gasteiger partial charge in [-0.25, -0.2) is 9.59 Å². The predicted octanol–water partition coefficient (Wildman–Crippen LogP) is 6.01. The second-order valence-corrected chi connectivity index (χ2v) is 8.58. The van der Waals surface area contributed by atoms with E-state index in [0.717, 1.165) is 23.1 Å². The molecule has 2 aromatic carbocycles. The van der Waals surface area contributed by atoms with Crippen molar-refractivity contribution in [3.05, 3.63) is 75.1 Å². The van der Waals surface area contributed by atoms with E-state index in [2.05, 4.69) is 27.7 Å². The van der Waals surface area contributed by atoms with Crippen LogP contribution in [0, 0.1) is 12.8 Å². The Balaban J connectivity index is 1.74. The van der Waals surface area contributed by atoms with Crippen LogP contribution in [0.15, 0.2) is 51.7 Å². The Labute approximate surface area is 183 Å². The number of aryl methyl sites for hydroxylation is 1. The van der Waals surface area contributed by atoms with Crippen molar-refractivity contribution in [2.24, 2.45) is 5.92 Å². The van der Waals surface area contributed by atoms with Crippen molar-refractivity contribution < 1.29 is 18.7 Å². The Morgan fingerprint density at radius 2 is 1.74 bits per heavy atom. The minimum atomic E-state index is -0.460. The molecule has 0 atom stereocenters. The third kappa shape index (κ3) is 5.75. The average molecular weight is 423 g/mol. The molecule has 3 rings (SSSR count). The van der Waals surface area contributed by atoms with E-state index < -0.39 is 11.6 Å². The van der Waals surface area contributed by atoms with Crippen molar-refractivity contribution in [2.45, 2.75) is 53.6 Å². The van der Waals surface area contributed by atoms with Gasteiger partial charge in [-0.15, -0.1) is 0 Å². The summed E-state index contributed by atoms with van der Waals surface area (Å²) in [6, 6.07) is 12.2. The summed E-state index contributed by atoms with van der Waals surface area (Å²) in [5.41, 5.74) is 3.34. The lowest BCUT2D eigenvalue weighted by Gasteiger charge is -2.13. The normalized spacial score (nSPS) is 11.3. The minimum absolute atomic E-state index is 0.00578. The molecule has 0 amide bonds. The van der Waals surface area contributed by atoms with Crippen molar-refractivity contribution in [2.75, 3.05) is 6.61 Å². The van der Waals surface area contributed by atoms with Crippen molar-refractivity contribution in [3.63, 3.8) is 0 Å². The van der Waals surface area contributed by atoms with Gasteiger partial charge in [0.05, 0.1) is 12.2 Å². The van der Waals surface area contributed by atoms with Crippen LogP contribution in [-0.4, -0.2) is 12.6 Å². The second-order valence-electron chi connectivity index (χ2n) is 8.58. The molecule has 0 aliphatic rings. The highest BCUT2D eigenvalue weighted by Gasteiger charge is 2.14. The van der Waals surface area contributed by atoms with Gasteiger partial charge in [0.2, 0.25) is 0 Å². The summed E-state index contributed by atoms with van der Waals surface area (Å²) in [6.45, 7) is 11.2. The zero-order chi connectivity index (χ0) is 22.5. The van der Waals surface area contributed by atoms with Crippen LogP contribution in [-0.2, 0) is 11.3 Å². The Bertz CT molecular complexity index is 1110. The molecule has 0 aliphatic heterocycles. The molecule has 31 heavy (non-hydrogen) atoms. The van der Waals surface area contributed by atoms with E-state index in [0.29, 0.717) is 35.2 Å². The number of ether oxygens (including phenoxy) is 2. The molecule has 0 aliphatic carbocycles. The molecule has 1 aromatic heterocycles. The fourth-order valence-electron chi connectivity index (χ4n) is 3.46. The summed E-state index contributed by atoms with van der Waals surface area (Å²) in [4.78, 5) is 24.5. The van der Waals surface area contributed by atoms with Crippen LogP contribution in [0.5, 0.6) is 5.75 Å². The molecule has 0 radical (unpaired) electrons. The van der Waals surface area contributed by atoms with Crippen LogP contribution in [0.4, 0.5) is 0 Å². The summed E-state index contributed by atoms with van der Waals surface area (Å²) < 4.78 is 16.5. The van der Waals surface area contributed by atoms with E-state index in [4.69, 9.17) is 13.9 Å². The molecule has 164 valence electrons. The molecule has 0 spiro atoms. The molecular weight excluding hydrogens is 392 g/mol. The monoisotopic (exact) mass is 422 g/mol. The van der Waals surface area contributed by atoms with E-state index >= 15 is 0 Å². The molecule has 5 nitrogen and oxygen atoms in total. The third-order valence-corrected chi connectivity index (χ3v) is 5.25. The first-order chi connectivity index (χ1) is 14.7. The fraction of sp³-hybridized carbons (Fsp3) is 0.385. The van der Waals surface area contributed by atoms with Crippen LogP contribution in [0.25, 0.3) is 11.0 Å². The molecule has 0 fully saturated rings. The summed E-state index contributed by atoms with van der Waals surface area (Å²) in [5, 5.41) is 0.788. The van der Waals surface area contributed by atoms with E-state index in [9.17, 15) is 9.59 Å². The molecule has 3 aromatic rings. The molecule has 0 saturated carbocycles. The maximum absolute atomic E-state index is 12.5. The van der Waals surface area contributed by atoms with Gasteiger partial charge >= 0.3 is 11.6 Å². The zero-order valence-electron chi connectivity index (χ0n) is 18.9. The van der Waals surface area contributed by atoms with Gasteiger partial charge in [-0.2, -0.15) is 0 Å². The highest BCUT2D eigenvalue weighted by Crippen LogP contribution is 2.27. The lowest BCUT2D eigenvalue weighted by Crippen LogP contribution is -2.08. The first kappa shape index (κ1) is 22.6. The number of carbonyl (C=O) groups excluding carboxylic acids is 1. The molecule has 0 bridgehead atoms. The maximum Gasteiger partial charge on any atom is 0.338 e. The summed E-state index contributed by atoms with van der Waals surface area (Å²) >= 11 is 0. The Kier molecular flexibility index (Phi) is 7.16. The number of benzene rings is 2. The molecule has 0 saturated heterocycles. The van der Waals surface area contributed by atoms with Crippen LogP contribution in [0.1, 0.15) is 67.1 Å². The maximum atomic E-state index is 12.5. The highest BCUT2D eigenvalue weighted by atomic mass is 16.5. The summed E-state index contributed by atoms with van der Waals surface area (Å²) in [6.07, 6.45) is 0.973. The number of rotatable bonds is 8. The lowest BCUT2D eigenvalue weighted by molar-refractivity contribution is 0.0474. The van der Waals surface area contributed by atoms with Gasteiger partial charge in [0.1, 0.15) is 17.9 Å². The smallest absolute Gasteiger partial charge is 0.338 e. The van der Waals surface area contributed by atoms with E-state index in [1.54, 1.807) is 24.3 Å². The van der Waals surface area contributed by atoms with Crippen molar-refractivity contribution >= 4 is 16.9 Å². The van der Waals surface area contributed by atoms with Gasteiger partial charge in [-0.1, -0.05) is 27.7 Å². The van der Waals surface area contributed by atoms with E-state index in [-0.39, 0.29) is 6.61 Å². The Morgan fingerprint density at radius 3 is 2.39 bits per heavy atom. The van der Waals surface area contributed by atoms with E-state index in [1.165, 1.54) is 11.6 Å². The van der Waals surface area contributed by atoms with Crippen molar-refractivity contribution in [1.82, 2.24) is 0 Å². The Hall–Kier alpha value is -3.08. The number of esters is 1. The highest BCUT2D eigenvalue weighted by molar-refractivity contribution is 5.90. The summed E-state index contributed by atoms with van der Waals surface area (Å²) in [5.74, 6) is 1.17. The molecule has 0 N–H and O–H groups in total. The lowest BCUT2D eigenvalue weighted by atomic mass is 9.95. The standard InChI is InChI=1S/C26H30O5/c1-16(2)10-11-29-21-8-6-19(7-9-21)26(28)30-15-20-13-25(27)31-24-12-18(5)22(17(3)4)14-23(20)24/h6-9,12-14,16-17H,10-11,15H2,1-5H3. The van der Waals surface area contributed by atoms with Gasteiger partial charge in [-0.3, -0.25) is 0 Å². The molecule has 1 heterocycles.